The predicted molar refractivity (Wildman–Crippen MR) is 344 cm³/mol. The number of esters is 4. The number of carbonyl (C=O) groups excluding carboxylic acids is 4. The van der Waals surface area contributed by atoms with Gasteiger partial charge in [-0.15, -0.1) is 0 Å². The van der Waals surface area contributed by atoms with Crippen LogP contribution < -0.4 is 0 Å². The van der Waals surface area contributed by atoms with E-state index in [1.807, 2.05) is 0 Å². The van der Waals surface area contributed by atoms with E-state index in [1.54, 1.807) is 0 Å². The first kappa shape index (κ1) is 84.1. The zero-order chi connectivity index (χ0) is 63.9. The molecule has 0 aliphatic heterocycles. The van der Waals surface area contributed by atoms with Crippen molar-refractivity contribution in [2.24, 2.45) is 23.7 Å². The van der Waals surface area contributed by atoms with Crippen LogP contribution in [0.1, 0.15) is 325 Å². The lowest BCUT2D eigenvalue weighted by Crippen LogP contribution is -2.30. The van der Waals surface area contributed by atoms with E-state index in [1.165, 1.54) is 116 Å². The van der Waals surface area contributed by atoms with Gasteiger partial charge in [0.25, 0.3) is 0 Å². The van der Waals surface area contributed by atoms with E-state index in [4.69, 9.17) is 37.0 Å². The average molecular weight is 1270 g/mol. The zero-order valence-electron chi connectivity index (χ0n) is 55.9. The molecule has 86 heavy (non-hydrogen) atoms. The Morgan fingerprint density at radius 3 is 0.721 bits per heavy atom. The molecule has 2 unspecified atom stereocenters. The highest BCUT2D eigenvalue weighted by Gasteiger charge is 2.30. The van der Waals surface area contributed by atoms with Crippen molar-refractivity contribution in [3.8, 4) is 0 Å². The number of hydrogen-bond donors (Lipinski definition) is 3. The molecule has 0 amide bonds. The number of rotatable bonds is 64. The standard InChI is InChI=1S/C67H130O17P2/c1-57(2)43-35-27-19-13-9-11-15-23-33-41-49-66(71)83-62(53-77-64(69)47-39-31-25-17-21-29-37-45-59(5)6)55-81-85(73,74)79-51-61(68)52-80-86(75,76)82-56-63(54-78-65(70)48-40-32-26-18-22-30-38-46-60(7)8)84-67(72)50-42-34-24-16-12-10-14-20-28-36-44-58(3)4/h57-63,68H,9-56H2,1-8H3,(H,73,74)(H,75,76)/t62-,63-/m1/s1. The lowest BCUT2D eigenvalue weighted by molar-refractivity contribution is -0.161. The van der Waals surface area contributed by atoms with Crippen molar-refractivity contribution in [3.63, 3.8) is 0 Å². The number of phosphoric ester groups is 2. The van der Waals surface area contributed by atoms with Gasteiger partial charge >= 0.3 is 39.5 Å². The fraction of sp³-hybridized carbons (Fsp3) is 0.940. The normalized spacial score (nSPS) is 14.4. The summed E-state index contributed by atoms with van der Waals surface area (Å²) in [5.74, 6) is 0.779. The molecule has 0 spiro atoms. The van der Waals surface area contributed by atoms with Gasteiger partial charge in [0, 0.05) is 25.7 Å². The number of aliphatic hydroxyl groups is 1. The first-order valence-electron chi connectivity index (χ1n) is 34.7. The van der Waals surface area contributed by atoms with E-state index in [-0.39, 0.29) is 25.7 Å². The van der Waals surface area contributed by atoms with Crippen molar-refractivity contribution >= 4 is 39.5 Å². The molecule has 0 saturated carbocycles. The van der Waals surface area contributed by atoms with Gasteiger partial charge in [0.05, 0.1) is 26.4 Å². The Morgan fingerprint density at radius 2 is 0.488 bits per heavy atom. The fourth-order valence-corrected chi connectivity index (χ4v) is 11.5. The van der Waals surface area contributed by atoms with Crippen LogP contribution in [0.5, 0.6) is 0 Å². The van der Waals surface area contributed by atoms with E-state index >= 15 is 0 Å². The molecule has 17 nitrogen and oxygen atoms in total. The highest BCUT2D eigenvalue weighted by atomic mass is 31.2. The van der Waals surface area contributed by atoms with Crippen LogP contribution in [-0.2, 0) is 65.4 Å². The molecular formula is C67H130O17P2. The van der Waals surface area contributed by atoms with Crippen LogP contribution in [0.25, 0.3) is 0 Å². The van der Waals surface area contributed by atoms with E-state index in [0.29, 0.717) is 37.5 Å². The summed E-state index contributed by atoms with van der Waals surface area (Å²) in [6.07, 6.45) is 37.7. The molecule has 3 N–H and O–H groups in total. The topological polar surface area (TPSA) is 237 Å². The molecule has 0 saturated heterocycles. The molecule has 0 bridgehead atoms. The van der Waals surface area contributed by atoms with Gasteiger partial charge in [0.2, 0.25) is 0 Å². The lowest BCUT2D eigenvalue weighted by atomic mass is 10.0. The maximum Gasteiger partial charge on any atom is 0.472 e. The van der Waals surface area contributed by atoms with Crippen LogP contribution in [0.3, 0.4) is 0 Å². The van der Waals surface area contributed by atoms with Crippen molar-refractivity contribution in [2.45, 2.75) is 343 Å². The Morgan fingerprint density at radius 1 is 0.291 bits per heavy atom. The number of phosphoric acid groups is 2. The lowest BCUT2D eigenvalue weighted by Gasteiger charge is -2.21. The second kappa shape index (κ2) is 57.0. The van der Waals surface area contributed by atoms with Gasteiger partial charge in [0.15, 0.2) is 12.2 Å². The Balaban J connectivity index is 5.26. The number of ether oxygens (including phenoxy) is 4. The van der Waals surface area contributed by atoms with Crippen LogP contribution in [-0.4, -0.2) is 96.7 Å². The van der Waals surface area contributed by atoms with Crippen molar-refractivity contribution in [1.82, 2.24) is 0 Å². The summed E-state index contributed by atoms with van der Waals surface area (Å²) in [5, 5.41) is 10.6. The highest BCUT2D eigenvalue weighted by molar-refractivity contribution is 7.47. The van der Waals surface area contributed by atoms with Gasteiger partial charge in [0.1, 0.15) is 19.3 Å². The van der Waals surface area contributed by atoms with Crippen molar-refractivity contribution < 1.29 is 80.2 Å². The zero-order valence-corrected chi connectivity index (χ0v) is 57.7. The number of hydrogen-bond acceptors (Lipinski definition) is 15. The molecular weight excluding hydrogens is 1140 g/mol. The number of unbranched alkanes of at least 4 members (excludes halogenated alkanes) is 30. The second-order valence-electron chi connectivity index (χ2n) is 26.1. The SMILES string of the molecule is CC(C)CCCCCCCCCCCCC(=O)O[C@H](COC(=O)CCCCCCCCCC(C)C)COP(=O)(O)OCC(O)COP(=O)(O)OC[C@@H](COC(=O)CCCCCCCCCC(C)C)OC(=O)CCCCCCCCCCCCC(C)C. The summed E-state index contributed by atoms with van der Waals surface area (Å²) in [6.45, 7) is 14.0. The van der Waals surface area contributed by atoms with Crippen LogP contribution in [0.4, 0.5) is 0 Å². The highest BCUT2D eigenvalue weighted by Crippen LogP contribution is 2.45. The van der Waals surface area contributed by atoms with Gasteiger partial charge in [-0.1, -0.05) is 274 Å². The number of carbonyl (C=O) groups is 4. The molecule has 0 aromatic rings. The third-order valence-corrected chi connectivity index (χ3v) is 17.2. The van der Waals surface area contributed by atoms with Gasteiger partial charge in [-0.25, -0.2) is 9.13 Å². The Bertz CT molecular complexity index is 1590. The van der Waals surface area contributed by atoms with Gasteiger partial charge in [-0.2, -0.15) is 0 Å². The third kappa shape index (κ3) is 60.9. The summed E-state index contributed by atoms with van der Waals surface area (Å²) in [6, 6.07) is 0. The summed E-state index contributed by atoms with van der Waals surface area (Å²) in [4.78, 5) is 72.4. The molecule has 0 aliphatic carbocycles. The van der Waals surface area contributed by atoms with Crippen LogP contribution in [0, 0.1) is 23.7 Å². The minimum Gasteiger partial charge on any atom is -0.462 e. The first-order valence-corrected chi connectivity index (χ1v) is 37.7. The summed E-state index contributed by atoms with van der Waals surface area (Å²) in [7, 11) is -9.90. The average Bonchev–Trinajstić information content (AvgIpc) is 3.46. The summed E-state index contributed by atoms with van der Waals surface area (Å²) in [5.41, 5.74) is 0. The molecule has 0 fully saturated rings. The molecule has 0 radical (unpaired) electrons. The van der Waals surface area contributed by atoms with Crippen molar-refractivity contribution in [1.29, 1.82) is 0 Å². The van der Waals surface area contributed by atoms with Crippen LogP contribution in [0.2, 0.25) is 0 Å². The maximum absolute atomic E-state index is 13.0. The molecule has 0 rings (SSSR count). The predicted octanol–water partition coefficient (Wildman–Crippen LogP) is 18.5. The van der Waals surface area contributed by atoms with Gasteiger partial charge < -0.3 is 33.8 Å². The quantitative estimate of drug-likeness (QED) is 0.0222. The Hall–Kier alpha value is -1.94. The van der Waals surface area contributed by atoms with Gasteiger partial charge in [-0.05, 0) is 49.4 Å². The minimum absolute atomic E-state index is 0.104. The second-order valence-corrected chi connectivity index (χ2v) is 29.0. The first-order chi connectivity index (χ1) is 41.1. The van der Waals surface area contributed by atoms with Crippen LogP contribution >= 0.6 is 15.6 Å². The summed E-state index contributed by atoms with van der Waals surface area (Å²) < 4.78 is 68.1. The Kier molecular flexibility index (Phi) is 55.7. The largest absolute Gasteiger partial charge is 0.472 e. The molecule has 0 aromatic carbocycles. The van der Waals surface area contributed by atoms with Gasteiger partial charge in [-0.3, -0.25) is 37.3 Å². The third-order valence-electron chi connectivity index (χ3n) is 15.3. The molecule has 0 aliphatic rings. The smallest absolute Gasteiger partial charge is 0.462 e. The monoisotopic (exact) mass is 1270 g/mol. The molecule has 19 heteroatoms. The molecule has 4 atom stereocenters. The van der Waals surface area contributed by atoms with Crippen molar-refractivity contribution in [3.05, 3.63) is 0 Å². The maximum atomic E-state index is 13.0. The summed E-state index contributed by atoms with van der Waals surface area (Å²) >= 11 is 0. The van der Waals surface area contributed by atoms with Crippen LogP contribution in [0.15, 0.2) is 0 Å². The Labute approximate surface area is 524 Å². The van der Waals surface area contributed by atoms with Crippen molar-refractivity contribution in [2.75, 3.05) is 39.6 Å². The van der Waals surface area contributed by atoms with E-state index in [9.17, 15) is 43.2 Å². The molecule has 0 heterocycles. The molecule has 0 aromatic heterocycles. The number of aliphatic hydroxyl groups excluding tert-OH is 1. The van der Waals surface area contributed by atoms with E-state index in [2.05, 4.69) is 55.4 Å². The minimum atomic E-state index is -4.95. The molecule has 510 valence electrons. The van der Waals surface area contributed by atoms with E-state index in [0.717, 1.165) is 115 Å². The fourth-order valence-electron chi connectivity index (χ4n) is 9.96. The van der Waals surface area contributed by atoms with E-state index < -0.39 is 97.5 Å².